The van der Waals surface area contributed by atoms with Gasteiger partial charge in [0.1, 0.15) is 0 Å². The van der Waals surface area contributed by atoms with E-state index in [2.05, 4.69) is 10.6 Å². The zero-order valence-electron chi connectivity index (χ0n) is 9.43. The average Bonchev–Trinajstić information content (AvgIpc) is 2.13. The highest BCUT2D eigenvalue weighted by atomic mass is 16.5. The summed E-state index contributed by atoms with van der Waals surface area (Å²) < 4.78 is 5.31. The van der Waals surface area contributed by atoms with E-state index < -0.39 is 0 Å². The van der Waals surface area contributed by atoms with Crippen LogP contribution in [0.4, 0.5) is 0 Å². The Bertz CT molecular complexity index is 149. The Morgan fingerprint density at radius 1 is 1.36 bits per heavy atom. The van der Waals surface area contributed by atoms with Crippen molar-refractivity contribution < 1.29 is 9.53 Å². The molecule has 0 aromatic rings. The first-order chi connectivity index (χ1) is 6.66. The zero-order valence-corrected chi connectivity index (χ0v) is 9.43. The minimum Gasteiger partial charge on any atom is -0.377 e. The van der Waals surface area contributed by atoms with Gasteiger partial charge < -0.3 is 15.4 Å². The maximum absolute atomic E-state index is 11.1. The number of carbonyl (C=O) groups excluding carboxylic acids is 1. The monoisotopic (exact) mass is 202 g/mol. The molecule has 0 atom stereocenters. The SMILES string of the molecule is CCCNC(=O)CNCCOC(C)C. The van der Waals surface area contributed by atoms with Gasteiger partial charge in [-0.05, 0) is 20.3 Å². The van der Waals surface area contributed by atoms with Crippen molar-refractivity contribution in [2.24, 2.45) is 0 Å². The third kappa shape index (κ3) is 9.48. The van der Waals surface area contributed by atoms with Crippen molar-refractivity contribution >= 4 is 5.91 Å². The number of rotatable bonds is 8. The summed E-state index contributed by atoms with van der Waals surface area (Å²) >= 11 is 0. The van der Waals surface area contributed by atoms with Crippen molar-refractivity contribution in [3.8, 4) is 0 Å². The van der Waals surface area contributed by atoms with E-state index >= 15 is 0 Å². The van der Waals surface area contributed by atoms with Gasteiger partial charge in [-0.1, -0.05) is 6.92 Å². The number of carbonyl (C=O) groups is 1. The molecule has 0 radical (unpaired) electrons. The molecule has 14 heavy (non-hydrogen) atoms. The van der Waals surface area contributed by atoms with E-state index in [1.54, 1.807) is 0 Å². The molecule has 0 aliphatic carbocycles. The topological polar surface area (TPSA) is 50.4 Å². The van der Waals surface area contributed by atoms with E-state index in [4.69, 9.17) is 4.74 Å². The van der Waals surface area contributed by atoms with Crippen LogP contribution in [0, 0.1) is 0 Å². The quantitative estimate of drug-likeness (QED) is 0.564. The van der Waals surface area contributed by atoms with E-state index in [1.165, 1.54) is 0 Å². The Balaban J connectivity index is 3.15. The Kier molecular flexibility index (Phi) is 8.57. The van der Waals surface area contributed by atoms with Crippen molar-refractivity contribution in [3.05, 3.63) is 0 Å². The first-order valence-corrected chi connectivity index (χ1v) is 5.25. The maximum Gasteiger partial charge on any atom is 0.233 e. The first kappa shape index (κ1) is 13.4. The molecule has 0 aromatic carbocycles. The fourth-order valence-electron chi connectivity index (χ4n) is 0.896. The minimum absolute atomic E-state index is 0.0522. The number of amides is 1. The fourth-order valence-corrected chi connectivity index (χ4v) is 0.896. The Morgan fingerprint density at radius 3 is 2.64 bits per heavy atom. The molecule has 0 aliphatic rings. The number of ether oxygens (including phenoxy) is 1. The highest BCUT2D eigenvalue weighted by molar-refractivity contribution is 5.77. The molecule has 0 bridgehead atoms. The summed E-state index contributed by atoms with van der Waals surface area (Å²) in [6, 6.07) is 0. The van der Waals surface area contributed by atoms with Gasteiger partial charge in [-0.2, -0.15) is 0 Å². The van der Waals surface area contributed by atoms with Gasteiger partial charge in [0, 0.05) is 13.1 Å². The summed E-state index contributed by atoms with van der Waals surface area (Å²) in [5.74, 6) is 0.0522. The van der Waals surface area contributed by atoms with Gasteiger partial charge >= 0.3 is 0 Å². The van der Waals surface area contributed by atoms with Gasteiger partial charge in [0.05, 0.1) is 19.3 Å². The van der Waals surface area contributed by atoms with E-state index in [-0.39, 0.29) is 12.0 Å². The van der Waals surface area contributed by atoms with Crippen LogP contribution in [0.1, 0.15) is 27.2 Å². The molecule has 0 aliphatic heterocycles. The largest absolute Gasteiger partial charge is 0.377 e. The van der Waals surface area contributed by atoms with Crippen LogP contribution in [0.5, 0.6) is 0 Å². The van der Waals surface area contributed by atoms with Crippen molar-refractivity contribution in [3.63, 3.8) is 0 Å². The predicted molar refractivity (Wildman–Crippen MR) is 57.3 cm³/mol. The van der Waals surface area contributed by atoms with Crippen LogP contribution in [-0.2, 0) is 9.53 Å². The normalized spacial score (nSPS) is 10.6. The third-order valence-electron chi connectivity index (χ3n) is 1.59. The van der Waals surface area contributed by atoms with Crippen LogP contribution in [0.3, 0.4) is 0 Å². The molecule has 0 fully saturated rings. The lowest BCUT2D eigenvalue weighted by molar-refractivity contribution is -0.120. The van der Waals surface area contributed by atoms with E-state index in [1.807, 2.05) is 20.8 Å². The molecule has 0 spiro atoms. The van der Waals surface area contributed by atoms with Crippen molar-refractivity contribution in [2.45, 2.75) is 33.3 Å². The fraction of sp³-hybridized carbons (Fsp3) is 0.900. The van der Waals surface area contributed by atoms with Crippen LogP contribution in [0.15, 0.2) is 0 Å². The second kappa shape index (κ2) is 8.97. The van der Waals surface area contributed by atoms with Crippen molar-refractivity contribution in [1.29, 1.82) is 0 Å². The molecular weight excluding hydrogens is 180 g/mol. The lowest BCUT2D eigenvalue weighted by Gasteiger charge is -2.08. The van der Waals surface area contributed by atoms with Crippen LogP contribution in [0.25, 0.3) is 0 Å². The number of hydrogen-bond acceptors (Lipinski definition) is 3. The van der Waals surface area contributed by atoms with Crippen molar-refractivity contribution in [2.75, 3.05) is 26.2 Å². The molecule has 4 heteroatoms. The Labute approximate surface area is 86.4 Å². The highest BCUT2D eigenvalue weighted by Gasteiger charge is 1.98. The second-order valence-electron chi connectivity index (χ2n) is 3.45. The maximum atomic E-state index is 11.1. The summed E-state index contributed by atoms with van der Waals surface area (Å²) in [5.41, 5.74) is 0. The molecule has 0 heterocycles. The first-order valence-electron chi connectivity index (χ1n) is 5.25. The van der Waals surface area contributed by atoms with Gasteiger partial charge in [-0.25, -0.2) is 0 Å². The van der Waals surface area contributed by atoms with E-state index in [0.717, 1.165) is 19.5 Å². The van der Waals surface area contributed by atoms with Gasteiger partial charge in [0.15, 0.2) is 0 Å². The van der Waals surface area contributed by atoms with Crippen LogP contribution >= 0.6 is 0 Å². The van der Waals surface area contributed by atoms with Gasteiger partial charge in [0.2, 0.25) is 5.91 Å². The van der Waals surface area contributed by atoms with Gasteiger partial charge in [-0.3, -0.25) is 4.79 Å². The highest BCUT2D eigenvalue weighted by Crippen LogP contribution is 1.84. The molecule has 0 unspecified atom stereocenters. The Morgan fingerprint density at radius 2 is 2.07 bits per heavy atom. The van der Waals surface area contributed by atoms with Crippen LogP contribution < -0.4 is 10.6 Å². The predicted octanol–water partition coefficient (Wildman–Crippen LogP) is 0.527. The van der Waals surface area contributed by atoms with Crippen molar-refractivity contribution in [1.82, 2.24) is 10.6 Å². The summed E-state index contributed by atoms with van der Waals surface area (Å²) in [4.78, 5) is 11.1. The standard InChI is InChI=1S/C10H22N2O2/c1-4-5-12-10(13)8-11-6-7-14-9(2)3/h9,11H,4-8H2,1-3H3,(H,12,13). The smallest absolute Gasteiger partial charge is 0.233 e. The minimum atomic E-state index is 0.0522. The second-order valence-corrected chi connectivity index (χ2v) is 3.45. The molecule has 2 N–H and O–H groups in total. The molecule has 0 saturated carbocycles. The lowest BCUT2D eigenvalue weighted by Crippen LogP contribution is -2.35. The van der Waals surface area contributed by atoms with Crippen LogP contribution in [-0.4, -0.2) is 38.3 Å². The molecule has 0 saturated heterocycles. The molecule has 0 aromatic heterocycles. The van der Waals surface area contributed by atoms with Crippen LogP contribution in [0.2, 0.25) is 0 Å². The Hall–Kier alpha value is -0.610. The molecule has 0 rings (SSSR count). The van der Waals surface area contributed by atoms with E-state index in [9.17, 15) is 4.79 Å². The summed E-state index contributed by atoms with van der Waals surface area (Å²) in [7, 11) is 0. The summed E-state index contributed by atoms with van der Waals surface area (Å²) in [6.45, 7) is 8.52. The number of hydrogen-bond donors (Lipinski definition) is 2. The number of nitrogens with one attached hydrogen (secondary N) is 2. The average molecular weight is 202 g/mol. The summed E-state index contributed by atoms with van der Waals surface area (Å²) in [6.07, 6.45) is 1.23. The van der Waals surface area contributed by atoms with Gasteiger partial charge in [-0.15, -0.1) is 0 Å². The molecule has 1 amide bonds. The zero-order chi connectivity index (χ0) is 10.8. The van der Waals surface area contributed by atoms with E-state index in [0.29, 0.717) is 13.2 Å². The third-order valence-corrected chi connectivity index (χ3v) is 1.59. The van der Waals surface area contributed by atoms with Gasteiger partial charge in [0.25, 0.3) is 0 Å². The summed E-state index contributed by atoms with van der Waals surface area (Å²) in [5, 5.41) is 5.80. The lowest BCUT2D eigenvalue weighted by atomic mass is 10.4. The molecular formula is C10H22N2O2. The molecule has 4 nitrogen and oxygen atoms in total. The molecule has 84 valence electrons.